The van der Waals surface area contributed by atoms with Gasteiger partial charge in [0.2, 0.25) is 0 Å². The van der Waals surface area contributed by atoms with Gasteiger partial charge in [0.1, 0.15) is 11.6 Å². The zero-order chi connectivity index (χ0) is 12.4. The van der Waals surface area contributed by atoms with E-state index in [1.807, 2.05) is 0 Å². The molecule has 0 saturated heterocycles. The fourth-order valence-electron chi connectivity index (χ4n) is 1.76. The second-order valence-electron chi connectivity index (χ2n) is 3.59. The van der Waals surface area contributed by atoms with Gasteiger partial charge in [-0.2, -0.15) is 0 Å². The van der Waals surface area contributed by atoms with Crippen molar-refractivity contribution in [3.05, 3.63) is 39.9 Å². The van der Waals surface area contributed by atoms with Gasteiger partial charge in [0, 0.05) is 18.9 Å². The summed E-state index contributed by atoms with van der Waals surface area (Å²) in [5.41, 5.74) is 0.378. The fourth-order valence-corrected chi connectivity index (χ4v) is 1.76. The van der Waals surface area contributed by atoms with Crippen molar-refractivity contribution in [3.63, 3.8) is 0 Å². The van der Waals surface area contributed by atoms with E-state index in [1.165, 1.54) is 32.4 Å². The quantitative estimate of drug-likeness (QED) is 0.885. The molecule has 0 aliphatic heterocycles. The number of halogens is 1. The van der Waals surface area contributed by atoms with Crippen LogP contribution in [0.3, 0.4) is 0 Å². The molecule has 2 rings (SSSR count). The van der Waals surface area contributed by atoms with Gasteiger partial charge in [0.05, 0.1) is 24.6 Å². The summed E-state index contributed by atoms with van der Waals surface area (Å²) in [4.78, 5) is 14.7. The molecule has 0 fully saturated rings. The van der Waals surface area contributed by atoms with E-state index in [1.54, 1.807) is 0 Å². The summed E-state index contributed by atoms with van der Waals surface area (Å²) < 4.78 is 23.6. The fraction of sp³-hybridized carbons (Fsp3) is 0.250. The number of H-pyrrole nitrogens is 1. The third-order valence-corrected chi connectivity index (χ3v) is 2.47. The molecule has 90 valence electrons. The molecule has 17 heavy (non-hydrogen) atoms. The van der Waals surface area contributed by atoms with Crippen molar-refractivity contribution in [3.8, 4) is 5.75 Å². The maximum absolute atomic E-state index is 13.6. The molecular formula is C12H12FNO3. The Labute approximate surface area is 97.0 Å². The van der Waals surface area contributed by atoms with Gasteiger partial charge in [-0.25, -0.2) is 4.39 Å². The molecule has 0 radical (unpaired) electrons. The van der Waals surface area contributed by atoms with Gasteiger partial charge < -0.3 is 14.5 Å². The highest BCUT2D eigenvalue weighted by molar-refractivity contribution is 5.85. The van der Waals surface area contributed by atoms with Crippen molar-refractivity contribution in [1.82, 2.24) is 4.98 Å². The van der Waals surface area contributed by atoms with Crippen LogP contribution in [0.4, 0.5) is 4.39 Å². The van der Waals surface area contributed by atoms with Gasteiger partial charge in [0.15, 0.2) is 5.43 Å². The number of rotatable bonds is 3. The molecule has 0 saturated carbocycles. The zero-order valence-corrected chi connectivity index (χ0v) is 9.54. The largest absolute Gasteiger partial charge is 0.496 e. The SMILES string of the molecule is COCc1cc(=O)c2c(OC)ccc(F)c2[nH]1. The number of benzene rings is 1. The normalized spacial score (nSPS) is 10.8. The maximum Gasteiger partial charge on any atom is 0.193 e. The molecule has 1 aromatic carbocycles. The number of hydrogen-bond acceptors (Lipinski definition) is 3. The van der Waals surface area contributed by atoms with Crippen molar-refractivity contribution >= 4 is 10.9 Å². The Hall–Kier alpha value is -1.88. The predicted octanol–water partition coefficient (Wildman–Crippen LogP) is 1.82. The second kappa shape index (κ2) is 4.55. The molecule has 2 aromatic rings. The van der Waals surface area contributed by atoms with E-state index >= 15 is 0 Å². The molecule has 0 amide bonds. The summed E-state index contributed by atoms with van der Waals surface area (Å²) in [5.74, 6) is -0.137. The standard InChI is InChI=1S/C12H12FNO3/c1-16-6-7-5-9(15)11-10(17-2)4-3-8(13)12(11)14-7/h3-5H,6H2,1-2H3,(H,14,15). The minimum absolute atomic E-state index is 0.143. The first-order chi connectivity index (χ1) is 8.17. The van der Waals surface area contributed by atoms with Crippen LogP contribution in [0.5, 0.6) is 5.75 Å². The van der Waals surface area contributed by atoms with Crippen LogP contribution in [-0.2, 0) is 11.3 Å². The first-order valence-corrected chi connectivity index (χ1v) is 5.04. The molecule has 1 N–H and O–H groups in total. The summed E-state index contributed by atoms with van der Waals surface area (Å²) in [6.07, 6.45) is 0. The Balaban J connectivity index is 2.79. The molecule has 0 aliphatic rings. The lowest BCUT2D eigenvalue weighted by atomic mass is 10.1. The molecule has 5 heteroatoms. The Morgan fingerprint density at radius 3 is 2.76 bits per heavy atom. The minimum atomic E-state index is -0.490. The highest BCUT2D eigenvalue weighted by atomic mass is 19.1. The van der Waals surface area contributed by atoms with Crippen LogP contribution in [0.15, 0.2) is 23.0 Å². The monoisotopic (exact) mass is 237 g/mol. The average Bonchev–Trinajstić information content (AvgIpc) is 2.31. The predicted molar refractivity (Wildman–Crippen MR) is 61.8 cm³/mol. The number of nitrogens with one attached hydrogen (secondary N) is 1. The topological polar surface area (TPSA) is 51.3 Å². The molecule has 0 unspecified atom stereocenters. The van der Waals surface area contributed by atoms with Crippen LogP contribution in [0.25, 0.3) is 10.9 Å². The van der Waals surface area contributed by atoms with E-state index in [4.69, 9.17) is 9.47 Å². The van der Waals surface area contributed by atoms with Crippen LogP contribution < -0.4 is 10.2 Å². The van der Waals surface area contributed by atoms with Gasteiger partial charge >= 0.3 is 0 Å². The molecule has 0 atom stereocenters. The van der Waals surface area contributed by atoms with E-state index in [-0.39, 0.29) is 22.9 Å². The lowest BCUT2D eigenvalue weighted by molar-refractivity contribution is 0.181. The number of aromatic nitrogens is 1. The molecule has 1 aromatic heterocycles. The molecule has 0 bridgehead atoms. The maximum atomic E-state index is 13.6. The molecule has 1 heterocycles. The molecule has 4 nitrogen and oxygen atoms in total. The third kappa shape index (κ3) is 2.01. The summed E-state index contributed by atoms with van der Waals surface area (Å²) in [6.45, 7) is 0.224. The van der Waals surface area contributed by atoms with E-state index < -0.39 is 5.82 Å². The number of pyridine rings is 1. The minimum Gasteiger partial charge on any atom is -0.496 e. The molecule has 0 aliphatic carbocycles. The highest BCUT2D eigenvalue weighted by Gasteiger charge is 2.11. The number of hydrogen-bond donors (Lipinski definition) is 1. The van der Waals surface area contributed by atoms with E-state index in [0.29, 0.717) is 11.4 Å². The van der Waals surface area contributed by atoms with Crippen molar-refractivity contribution in [2.75, 3.05) is 14.2 Å². The van der Waals surface area contributed by atoms with E-state index in [9.17, 15) is 9.18 Å². The molecular weight excluding hydrogens is 225 g/mol. The van der Waals surface area contributed by atoms with Crippen LogP contribution >= 0.6 is 0 Å². The summed E-state index contributed by atoms with van der Waals surface area (Å²) in [7, 11) is 2.94. The zero-order valence-electron chi connectivity index (χ0n) is 9.54. The first-order valence-electron chi connectivity index (χ1n) is 5.04. The van der Waals surface area contributed by atoms with Gasteiger partial charge in [-0.15, -0.1) is 0 Å². The van der Waals surface area contributed by atoms with Crippen LogP contribution in [-0.4, -0.2) is 19.2 Å². The summed E-state index contributed by atoms with van der Waals surface area (Å²) in [5, 5.41) is 0.215. The van der Waals surface area contributed by atoms with Crippen LogP contribution in [0.1, 0.15) is 5.69 Å². The lowest BCUT2D eigenvalue weighted by Gasteiger charge is -2.07. The van der Waals surface area contributed by atoms with Gasteiger partial charge in [0.25, 0.3) is 0 Å². The number of fused-ring (bicyclic) bond motifs is 1. The van der Waals surface area contributed by atoms with Crippen molar-refractivity contribution in [2.45, 2.75) is 6.61 Å². The summed E-state index contributed by atoms with van der Waals surface area (Å²) >= 11 is 0. The Morgan fingerprint density at radius 1 is 1.35 bits per heavy atom. The van der Waals surface area contributed by atoms with Crippen LogP contribution in [0.2, 0.25) is 0 Å². The van der Waals surface area contributed by atoms with Crippen molar-refractivity contribution < 1.29 is 13.9 Å². The summed E-state index contributed by atoms with van der Waals surface area (Å²) in [6, 6.07) is 4.07. The van der Waals surface area contributed by atoms with Gasteiger partial charge in [-0.05, 0) is 12.1 Å². The highest BCUT2D eigenvalue weighted by Crippen LogP contribution is 2.23. The average molecular weight is 237 g/mol. The number of ether oxygens (including phenoxy) is 2. The smallest absolute Gasteiger partial charge is 0.193 e. The third-order valence-electron chi connectivity index (χ3n) is 2.47. The lowest BCUT2D eigenvalue weighted by Crippen LogP contribution is -2.08. The first kappa shape index (κ1) is 11.6. The van der Waals surface area contributed by atoms with E-state index in [0.717, 1.165) is 0 Å². The second-order valence-corrected chi connectivity index (χ2v) is 3.59. The van der Waals surface area contributed by atoms with Gasteiger partial charge in [-0.1, -0.05) is 0 Å². The van der Waals surface area contributed by atoms with Crippen molar-refractivity contribution in [1.29, 1.82) is 0 Å². The van der Waals surface area contributed by atoms with Crippen molar-refractivity contribution in [2.24, 2.45) is 0 Å². The molecule has 0 spiro atoms. The van der Waals surface area contributed by atoms with E-state index in [2.05, 4.69) is 4.98 Å². The van der Waals surface area contributed by atoms with Crippen LogP contribution in [0, 0.1) is 5.82 Å². The van der Waals surface area contributed by atoms with Gasteiger partial charge in [-0.3, -0.25) is 4.79 Å². The number of aromatic amines is 1. The Bertz CT molecular complexity index is 606. The Kier molecular flexibility index (Phi) is 3.10. The number of methoxy groups -OCH3 is 2. The Morgan fingerprint density at radius 2 is 2.12 bits per heavy atom.